The summed E-state index contributed by atoms with van der Waals surface area (Å²) >= 11 is 3.40. The molecule has 2 atom stereocenters. The second-order valence-electron chi connectivity index (χ2n) is 5.91. The topological polar surface area (TPSA) is 41.5 Å². The van der Waals surface area contributed by atoms with Crippen LogP contribution in [0.4, 0.5) is 0 Å². The number of rotatable bonds is 6. The van der Waals surface area contributed by atoms with Crippen molar-refractivity contribution >= 4 is 15.9 Å². The van der Waals surface area contributed by atoms with Gasteiger partial charge in [-0.3, -0.25) is 0 Å². The Kier molecular flexibility index (Phi) is 5.87. The van der Waals surface area contributed by atoms with Crippen LogP contribution in [0.1, 0.15) is 32.6 Å². The third-order valence-corrected chi connectivity index (χ3v) is 4.41. The SMILES string of the molecule is CC1CCCC(O)(CNCCOc2ccc(Br)cc2)C1. The zero-order valence-electron chi connectivity index (χ0n) is 12.1. The van der Waals surface area contributed by atoms with E-state index in [1.807, 2.05) is 24.3 Å². The molecule has 3 nitrogen and oxygen atoms in total. The fraction of sp³-hybridized carbons (Fsp3) is 0.625. The standard InChI is InChI=1S/C16H24BrNO2/c1-13-3-2-8-16(19,11-13)12-18-9-10-20-15-6-4-14(17)5-7-15/h4-7,13,18-19H,2-3,8-12H2,1H3. The number of halogens is 1. The smallest absolute Gasteiger partial charge is 0.119 e. The molecule has 4 heteroatoms. The Balaban J connectivity index is 1.62. The van der Waals surface area contributed by atoms with E-state index in [0.29, 0.717) is 19.1 Å². The van der Waals surface area contributed by atoms with Gasteiger partial charge in [0.05, 0.1) is 5.60 Å². The number of hydrogen-bond donors (Lipinski definition) is 2. The number of benzene rings is 1. The minimum atomic E-state index is -0.519. The van der Waals surface area contributed by atoms with Gasteiger partial charge in [-0.05, 0) is 43.0 Å². The Morgan fingerprint density at radius 1 is 1.40 bits per heavy atom. The molecule has 2 rings (SSSR count). The molecule has 0 aromatic heterocycles. The highest BCUT2D eigenvalue weighted by molar-refractivity contribution is 9.10. The van der Waals surface area contributed by atoms with Crippen LogP contribution in [0, 0.1) is 5.92 Å². The first-order chi connectivity index (χ1) is 9.57. The van der Waals surface area contributed by atoms with Crippen LogP contribution in [0.25, 0.3) is 0 Å². The van der Waals surface area contributed by atoms with Crippen LogP contribution in [0.2, 0.25) is 0 Å². The van der Waals surface area contributed by atoms with E-state index in [1.54, 1.807) is 0 Å². The van der Waals surface area contributed by atoms with Crippen LogP contribution >= 0.6 is 15.9 Å². The number of hydrogen-bond acceptors (Lipinski definition) is 3. The van der Waals surface area contributed by atoms with E-state index in [9.17, 15) is 5.11 Å². The molecule has 0 heterocycles. The summed E-state index contributed by atoms with van der Waals surface area (Å²) in [5.74, 6) is 1.51. The quantitative estimate of drug-likeness (QED) is 0.779. The molecule has 112 valence electrons. The second kappa shape index (κ2) is 7.43. The lowest BCUT2D eigenvalue weighted by molar-refractivity contribution is -0.0119. The van der Waals surface area contributed by atoms with Gasteiger partial charge in [0.15, 0.2) is 0 Å². The Morgan fingerprint density at radius 3 is 2.85 bits per heavy atom. The van der Waals surface area contributed by atoms with E-state index in [2.05, 4.69) is 28.2 Å². The Bertz CT molecular complexity index is 409. The molecule has 1 fully saturated rings. The lowest BCUT2D eigenvalue weighted by Gasteiger charge is -2.35. The van der Waals surface area contributed by atoms with Crippen molar-refractivity contribution in [2.45, 2.75) is 38.2 Å². The van der Waals surface area contributed by atoms with Crippen molar-refractivity contribution in [3.05, 3.63) is 28.7 Å². The van der Waals surface area contributed by atoms with Gasteiger partial charge in [-0.15, -0.1) is 0 Å². The molecule has 0 aliphatic heterocycles. The average molecular weight is 342 g/mol. The molecule has 1 aromatic rings. The third kappa shape index (κ3) is 5.08. The summed E-state index contributed by atoms with van der Waals surface area (Å²) in [7, 11) is 0. The largest absolute Gasteiger partial charge is 0.492 e. The third-order valence-electron chi connectivity index (χ3n) is 3.88. The highest BCUT2D eigenvalue weighted by Crippen LogP contribution is 2.31. The highest BCUT2D eigenvalue weighted by atomic mass is 79.9. The minimum absolute atomic E-state index is 0.519. The lowest BCUT2D eigenvalue weighted by Crippen LogP contribution is -2.44. The van der Waals surface area contributed by atoms with E-state index in [1.165, 1.54) is 6.42 Å². The van der Waals surface area contributed by atoms with E-state index in [0.717, 1.165) is 36.0 Å². The second-order valence-corrected chi connectivity index (χ2v) is 6.82. The maximum Gasteiger partial charge on any atom is 0.119 e. The molecular weight excluding hydrogens is 318 g/mol. The minimum Gasteiger partial charge on any atom is -0.492 e. The average Bonchev–Trinajstić information content (AvgIpc) is 2.40. The maximum absolute atomic E-state index is 10.5. The van der Waals surface area contributed by atoms with Crippen LogP contribution in [0.5, 0.6) is 5.75 Å². The van der Waals surface area contributed by atoms with Crippen LogP contribution in [-0.2, 0) is 0 Å². The van der Waals surface area contributed by atoms with Gasteiger partial charge in [-0.1, -0.05) is 35.7 Å². The molecule has 2 N–H and O–H groups in total. The molecule has 0 bridgehead atoms. The first-order valence-electron chi connectivity index (χ1n) is 7.39. The Labute approximate surface area is 129 Å². The summed E-state index contributed by atoms with van der Waals surface area (Å²) in [5.41, 5.74) is -0.519. The molecule has 0 radical (unpaired) electrons. The molecule has 1 aromatic carbocycles. The molecule has 0 spiro atoms. The summed E-state index contributed by atoms with van der Waals surface area (Å²) in [5, 5.41) is 13.8. The predicted octanol–water partition coefficient (Wildman–Crippen LogP) is 3.36. The number of nitrogens with one attached hydrogen (secondary N) is 1. The van der Waals surface area contributed by atoms with E-state index in [4.69, 9.17) is 4.74 Å². The molecule has 2 unspecified atom stereocenters. The maximum atomic E-state index is 10.5. The van der Waals surface area contributed by atoms with Gasteiger partial charge in [-0.25, -0.2) is 0 Å². The summed E-state index contributed by atoms with van der Waals surface area (Å²) < 4.78 is 6.69. The van der Waals surface area contributed by atoms with Crippen LogP contribution < -0.4 is 10.1 Å². The van der Waals surface area contributed by atoms with Gasteiger partial charge in [0.2, 0.25) is 0 Å². The van der Waals surface area contributed by atoms with Crippen molar-refractivity contribution in [3.63, 3.8) is 0 Å². The highest BCUT2D eigenvalue weighted by Gasteiger charge is 2.31. The van der Waals surface area contributed by atoms with Crippen LogP contribution in [0.3, 0.4) is 0 Å². The van der Waals surface area contributed by atoms with Gasteiger partial charge in [0, 0.05) is 17.6 Å². The van der Waals surface area contributed by atoms with Gasteiger partial charge < -0.3 is 15.2 Å². The molecule has 20 heavy (non-hydrogen) atoms. The molecule has 0 saturated heterocycles. The molecule has 0 amide bonds. The van der Waals surface area contributed by atoms with Crippen molar-refractivity contribution in [2.24, 2.45) is 5.92 Å². The molecule has 1 aliphatic carbocycles. The molecule has 1 aliphatic rings. The first-order valence-corrected chi connectivity index (χ1v) is 8.18. The summed E-state index contributed by atoms with van der Waals surface area (Å²) in [6, 6.07) is 7.82. The number of ether oxygens (including phenoxy) is 1. The van der Waals surface area contributed by atoms with E-state index in [-0.39, 0.29) is 0 Å². The molecular formula is C16H24BrNO2. The van der Waals surface area contributed by atoms with Crippen molar-refractivity contribution in [1.82, 2.24) is 5.32 Å². The summed E-state index contributed by atoms with van der Waals surface area (Å²) in [6.45, 7) is 4.27. The van der Waals surface area contributed by atoms with Crippen molar-refractivity contribution in [1.29, 1.82) is 0 Å². The monoisotopic (exact) mass is 341 g/mol. The van der Waals surface area contributed by atoms with Crippen molar-refractivity contribution < 1.29 is 9.84 Å². The zero-order valence-corrected chi connectivity index (χ0v) is 13.7. The van der Waals surface area contributed by atoms with Crippen LogP contribution in [0.15, 0.2) is 28.7 Å². The Morgan fingerprint density at radius 2 is 2.15 bits per heavy atom. The fourth-order valence-corrected chi connectivity index (χ4v) is 3.15. The number of aliphatic hydroxyl groups is 1. The van der Waals surface area contributed by atoms with Gasteiger partial charge in [0.1, 0.15) is 12.4 Å². The van der Waals surface area contributed by atoms with Crippen molar-refractivity contribution in [2.75, 3.05) is 19.7 Å². The lowest BCUT2D eigenvalue weighted by atomic mass is 9.79. The summed E-state index contributed by atoms with van der Waals surface area (Å²) in [6.07, 6.45) is 4.20. The zero-order chi connectivity index (χ0) is 14.4. The predicted molar refractivity (Wildman–Crippen MR) is 85.1 cm³/mol. The normalized spacial score (nSPS) is 26.4. The first kappa shape index (κ1) is 15.8. The van der Waals surface area contributed by atoms with Gasteiger partial charge in [-0.2, -0.15) is 0 Å². The van der Waals surface area contributed by atoms with E-state index < -0.39 is 5.60 Å². The summed E-state index contributed by atoms with van der Waals surface area (Å²) in [4.78, 5) is 0. The molecule has 1 saturated carbocycles. The van der Waals surface area contributed by atoms with Gasteiger partial charge in [0.25, 0.3) is 0 Å². The van der Waals surface area contributed by atoms with Crippen LogP contribution in [-0.4, -0.2) is 30.4 Å². The van der Waals surface area contributed by atoms with Crippen molar-refractivity contribution in [3.8, 4) is 5.75 Å². The Hall–Kier alpha value is -0.580. The fourth-order valence-electron chi connectivity index (χ4n) is 2.89. The van der Waals surface area contributed by atoms with E-state index >= 15 is 0 Å². The van der Waals surface area contributed by atoms with Gasteiger partial charge >= 0.3 is 0 Å².